The van der Waals surface area contributed by atoms with Gasteiger partial charge in [0.25, 0.3) is 0 Å². The number of hydrogen-bond acceptors (Lipinski definition) is 2. The van der Waals surface area contributed by atoms with Gasteiger partial charge in [0.05, 0.1) is 5.69 Å². The number of allylic oxidation sites excluding steroid dienone is 4. The Hall–Kier alpha value is -2.62. The molecule has 4 nitrogen and oxygen atoms in total. The van der Waals surface area contributed by atoms with Crippen LogP contribution in [0.5, 0.6) is 0 Å². The molecule has 4 rings (SSSR count). The Bertz CT molecular complexity index is 849. The Morgan fingerprint density at radius 3 is 3.00 bits per heavy atom. The van der Waals surface area contributed by atoms with Gasteiger partial charge in [-0.15, -0.1) is 0 Å². The largest absolute Gasteiger partial charge is 0.353 e. The van der Waals surface area contributed by atoms with Crippen molar-refractivity contribution in [1.82, 2.24) is 19.5 Å². The van der Waals surface area contributed by atoms with E-state index in [0.717, 1.165) is 36.1 Å². The number of fused-ring (bicyclic) bond motifs is 1. The second kappa shape index (κ2) is 5.88. The number of aromatic nitrogens is 4. The van der Waals surface area contributed by atoms with E-state index in [1.807, 2.05) is 0 Å². The maximum absolute atomic E-state index is 4.38. The summed E-state index contributed by atoms with van der Waals surface area (Å²) in [5.41, 5.74) is 5.43. The highest BCUT2D eigenvalue weighted by atomic mass is 15.0. The van der Waals surface area contributed by atoms with E-state index < -0.39 is 0 Å². The highest BCUT2D eigenvalue weighted by Crippen LogP contribution is 2.34. The van der Waals surface area contributed by atoms with Crippen LogP contribution in [-0.2, 0) is 7.05 Å². The van der Waals surface area contributed by atoms with Crippen molar-refractivity contribution in [1.29, 1.82) is 0 Å². The molecular weight excluding hydrogens is 284 g/mol. The van der Waals surface area contributed by atoms with E-state index in [4.69, 9.17) is 0 Å². The van der Waals surface area contributed by atoms with Gasteiger partial charge in [-0.3, -0.25) is 4.98 Å². The predicted octanol–water partition coefficient (Wildman–Crippen LogP) is 4.34. The average molecular weight is 304 g/mol. The van der Waals surface area contributed by atoms with Gasteiger partial charge in [0.1, 0.15) is 5.52 Å². The van der Waals surface area contributed by atoms with Crippen molar-refractivity contribution in [2.24, 2.45) is 7.05 Å². The SMILES string of the molecule is Cn1ccc(-c2cc3nccnc3[nH]2)c1C1/C=C\C/C=C\CC1. The topological polar surface area (TPSA) is 46.5 Å². The van der Waals surface area contributed by atoms with Crippen molar-refractivity contribution in [2.45, 2.75) is 25.2 Å². The fourth-order valence-corrected chi connectivity index (χ4v) is 3.36. The van der Waals surface area contributed by atoms with Crippen molar-refractivity contribution in [3.05, 3.63) is 60.7 Å². The van der Waals surface area contributed by atoms with E-state index in [9.17, 15) is 0 Å². The summed E-state index contributed by atoms with van der Waals surface area (Å²) in [6.07, 6.45) is 18.0. The molecule has 3 aromatic heterocycles. The van der Waals surface area contributed by atoms with Gasteiger partial charge in [-0.25, -0.2) is 4.98 Å². The standard InChI is InChI=1S/C19H20N4/c1-23-12-9-15(16-13-17-19(22-16)21-11-10-20-17)18(23)14-7-5-3-2-4-6-8-14/h2-3,6,8-14H,4-5,7H2,1H3,(H,21,22)/b3-2-,8-6-. The molecule has 0 bridgehead atoms. The van der Waals surface area contributed by atoms with Crippen LogP contribution >= 0.6 is 0 Å². The Balaban J connectivity index is 1.79. The molecule has 3 heterocycles. The zero-order valence-electron chi connectivity index (χ0n) is 13.2. The normalized spacial score (nSPS) is 21.0. The Morgan fingerprint density at radius 2 is 2.09 bits per heavy atom. The monoisotopic (exact) mass is 304 g/mol. The first kappa shape index (κ1) is 14.0. The number of hydrogen-bond donors (Lipinski definition) is 1. The lowest BCUT2D eigenvalue weighted by molar-refractivity contribution is 0.683. The molecule has 1 unspecified atom stereocenters. The van der Waals surface area contributed by atoms with E-state index in [0.29, 0.717) is 5.92 Å². The van der Waals surface area contributed by atoms with Crippen LogP contribution in [0.1, 0.15) is 30.9 Å². The van der Waals surface area contributed by atoms with Crippen molar-refractivity contribution in [3.8, 4) is 11.3 Å². The highest BCUT2D eigenvalue weighted by molar-refractivity contribution is 5.80. The van der Waals surface area contributed by atoms with E-state index >= 15 is 0 Å². The molecule has 116 valence electrons. The van der Waals surface area contributed by atoms with Gasteiger partial charge in [0, 0.05) is 42.8 Å². The second-order valence-corrected chi connectivity index (χ2v) is 6.02. The number of nitrogens with zero attached hydrogens (tertiary/aromatic N) is 3. The minimum Gasteiger partial charge on any atom is -0.353 e. The van der Waals surface area contributed by atoms with Gasteiger partial charge in [-0.2, -0.15) is 0 Å². The van der Waals surface area contributed by atoms with Crippen molar-refractivity contribution < 1.29 is 0 Å². The molecule has 1 aliphatic carbocycles. The van der Waals surface area contributed by atoms with Gasteiger partial charge in [-0.1, -0.05) is 24.3 Å². The average Bonchev–Trinajstić information content (AvgIpc) is 3.10. The van der Waals surface area contributed by atoms with Crippen molar-refractivity contribution >= 4 is 11.2 Å². The summed E-state index contributed by atoms with van der Waals surface area (Å²) in [6.45, 7) is 0. The Labute approximate surface area is 135 Å². The van der Waals surface area contributed by atoms with E-state index in [1.165, 1.54) is 11.3 Å². The summed E-state index contributed by atoms with van der Waals surface area (Å²) in [6, 6.07) is 4.27. The van der Waals surface area contributed by atoms with E-state index in [2.05, 4.69) is 69.2 Å². The third-order valence-corrected chi connectivity index (χ3v) is 4.47. The molecular formula is C19H20N4. The van der Waals surface area contributed by atoms with Crippen LogP contribution in [0.3, 0.4) is 0 Å². The summed E-state index contributed by atoms with van der Waals surface area (Å²) in [5.74, 6) is 0.433. The summed E-state index contributed by atoms with van der Waals surface area (Å²) in [7, 11) is 2.13. The summed E-state index contributed by atoms with van der Waals surface area (Å²) >= 11 is 0. The van der Waals surface area contributed by atoms with Gasteiger partial charge < -0.3 is 9.55 Å². The van der Waals surface area contributed by atoms with Crippen LogP contribution in [0.15, 0.2) is 55.0 Å². The molecule has 23 heavy (non-hydrogen) atoms. The zero-order valence-corrected chi connectivity index (χ0v) is 13.2. The molecule has 0 radical (unpaired) electrons. The van der Waals surface area contributed by atoms with Gasteiger partial charge in [-0.05, 0) is 31.4 Å². The van der Waals surface area contributed by atoms with Crippen LogP contribution in [0.25, 0.3) is 22.4 Å². The molecule has 1 atom stereocenters. The number of rotatable bonds is 2. The van der Waals surface area contributed by atoms with Crippen LogP contribution in [0, 0.1) is 0 Å². The summed E-state index contributed by atoms with van der Waals surface area (Å²) in [4.78, 5) is 12.1. The maximum Gasteiger partial charge on any atom is 0.156 e. The minimum atomic E-state index is 0.433. The minimum absolute atomic E-state index is 0.433. The molecule has 0 fully saturated rings. The Morgan fingerprint density at radius 1 is 1.17 bits per heavy atom. The smallest absolute Gasteiger partial charge is 0.156 e. The number of aromatic amines is 1. The van der Waals surface area contributed by atoms with E-state index in [1.54, 1.807) is 12.4 Å². The Kier molecular flexibility index (Phi) is 3.58. The summed E-state index contributed by atoms with van der Waals surface area (Å²) < 4.78 is 2.24. The molecule has 0 spiro atoms. The number of H-pyrrole nitrogens is 1. The van der Waals surface area contributed by atoms with Crippen LogP contribution in [-0.4, -0.2) is 19.5 Å². The second-order valence-electron chi connectivity index (χ2n) is 6.02. The van der Waals surface area contributed by atoms with Crippen LogP contribution in [0.4, 0.5) is 0 Å². The van der Waals surface area contributed by atoms with Crippen molar-refractivity contribution in [2.75, 3.05) is 0 Å². The zero-order chi connectivity index (χ0) is 15.6. The fraction of sp³-hybridized carbons (Fsp3) is 0.263. The first-order chi connectivity index (χ1) is 11.3. The molecule has 3 aromatic rings. The third kappa shape index (κ3) is 2.61. The molecule has 0 aliphatic heterocycles. The maximum atomic E-state index is 4.38. The third-order valence-electron chi connectivity index (χ3n) is 4.47. The quantitative estimate of drug-likeness (QED) is 0.716. The fourth-order valence-electron chi connectivity index (χ4n) is 3.36. The molecule has 0 saturated carbocycles. The lowest BCUT2D eigenvalue weighted by atomic mass is 9.93. The van der Waals surface area contributed by atoms with Gasteiger partial charge in [0.2, 0.25) is 0 Å². The molecule has 4 heteroatoms. The highest BCUT2D eigenvalue weighted by Gasteiger charge is 2.19. The number of aryl methyl sites for hydroxylation is 1. The molecule has 0 aromatic carbocycles. The molecule has 0 amide bonds. The first-order valence-corrected chi connectivity index (χ1v) is 8.10. The van der Waals surface area contributed by atoms with Gasteiger partial charge in [0.15, 0.2) is 5.65 Å². The number of nitrogens with one attached hydrogen (secondary N) is 1. The molecule has 1 N–H and O–H groups in total. The van der Waals surface area contributed by atoms with Crippen LogP contribution < -0.4 is 0 Å². The lowest BCUT2D eigenvalue weighted by Crippen LogP contribution is -2.04. The van der Waals surface area contributed by atoms with Crippen LogP contribution in [0.2, 0.25) is 0 Å². The molecule has 0 saturated heterocycles. The summed E-state index contributed by atoms with van der Waals surface area (Å²) in [5, 5.41) is 0. The van der Waals surface area contributed by atoms with Gasteiger partial charge >= 0.3 is 0 Å². The lowest BCUT2D eigenvalue weighted by Gasteiger charge is -2.17. The predicted molar refractivity (Wildman–Crippen MR) is 93.2 cm³/mol. The van der Waals surface area contributed by atoms with Crippen molar-refractivity contribution in [3.63, 3.8) is 0 Å². The first-order valence-electron chi connectivity index (χ1n) is 8.10. The van der Waals surface area contributed by atoms with E-state index in [-0.39, 0.29) is 0 Å². The molecule has 1 aliphatic rings.